The summed E-state index contributed by atoms with van der Waals surface area (Å²) >= 11 is 5.27. The summed E-state index contributed by atoms with van der Waals surface area (Å²) in [5.74, 6) is 0.865. The van der Waals surface area contributed by atoms with Crippen molar-refractivity contribution in [2.45, 2.75) is 9.79 Å². The van der Waals surface area contributed by atoms with Crippen LogP contribution in [0.25, 0.3) is 33.9 Å². The molecule has 0 unspecified atom stereocenters. The highest BCUT2D eigenvalue weighted by atomic mass is 79.9. The average molecular weight is 483 g/mol. The van der Waals surface area contributed by atoms with Gasteiger partial charge < -0.3 is 4.98 Å². The van der Waals surface area contributed by atoms with Crippen molar-refractivity contribution in [3.05, 3.63) is 114 Å². The molecule has 0 spiro atoms. The first-order valence-corrected chi connectivity index (χ1v) is 11.6. The van der Waals surface area contributed by atoms with Crippen molar-refractivity contribution in [3.8, 4) is 33.9 Å². The quantitative estimate of drug-likeness (QED) is 0.272. The largest absolute Gasteiger partial charge is 0.337 e. The van der Waals surface area contributed by atoms with E-state index in [-0.39, 0.29) is 0 Å². The molecule has 1 aromatic heterocycles. The van der Waals surface area contributed by atoms with E-state index >= 15 is 0 Å². The van der Waals surface area contributed by atoms with E-state index in [2.05, 4.69) is 93.7 Å². The third-order valence-electron chi connectivity index (χ3n) is 4.99. The van der Waals surface area contributed by atoms with E-state index in [4.69, 9.17) is 4.98 Å². The molecule has 2 nitrogen and oxygen atoms in total. The van der Waals surface area contributed by atoms with Gasteiger partial charge in [-0.3, -0.25) is 0 Å². The van der Waals surface area contributed by atoms with E-state index < -0.39 is 0 Å². The summed E-state index contributed by atoms with van der Waals surface area (Å²) in [4.78, 5) is 11.0. The summed E-state index contributed by atoms with van der Waals surface area (Å²) in [6, 6.07) is 37.6. The van der Waals surface area contributed by atoms with E-state index in [1.54, 1.807) is 11.8 Å². The Morgan fingerprint density at radius 2 is 1.16 bits per heavy atom. The number of rotatable bonds is 5. The Morgan fingerprint density at radius 1 is 0.581 bits per heavy atom. The van der Waals surface area contributed by atoms with Crippen molar-refractivity contribution >= 4 is 27.7 Å². The van der Waals surface area contributed by atoms with Crippen LogP contribution >= 0.6 is 27.7 Å². The number of aromatic amines is 1. The average Bonchev–Trinajstić information content (AvgIpc) is 3.27. The Hall–Kier alpha value is -3.08. The molecule has 4 heteroatoms. The summed E-state index contributed by atoms with van der Waals surface area (Å²) in [6.07, 6.45) is 0. The first-order chi connectivity index (χ1) is 15.3. The number of aromatic nitrogens is 2. The highest BCUT2D eigenvalue weighted by Crippen LogP contribution is 2.35. The number of benzene rings is 4. The minimum Gasteiger partial charge on any atom is -0.337 e. The molecule has 150 valence electrons. The molecular formula is C27H19BrN2S. The highest BCUT2D eigenvalue weighted by molar-refractivity contribution is 9.10. The van der Waals surface area contributed by atoms with Crippen molar-refractivity contribution in [2.75, 3.05) is 0 Å². The minimum atomic E-state index is 0.865. The lowest BCUT2D eigenvalue weighted by atomic mass is 10.1. The molecule has 1 N–H and O–H groups in total. The van der Waals surface area contributed by atoms with Crippen LogP contribution in [0.4, 0.5) is 0 Å². The number of hydrogen-bond acceptors (Lipinski definition) is 2. The van der Waals surface area contributed by atoms with Crippen LogP contribution < -0.4 is 0 Å². The van der Waals surface area contributed by atoms with Crippen molar-refractivity contribution in [1.29, 1.82) is 0 Å². The maximum atomic E-state index is 4.97. The monoisotopic (exact) mass is 482 g/mol. The predicted molar refractivity (Wildman–Crippen MR) is 133 cm³/mol. The lowest BCUT2D eigenvalue weighted by Gasteiger charge is -2.05. The van der Waals surface area contributed by atoms with Gasteiger partial charge in [0, 0.05) is 31.0 Å². The van der Waals surface area contributed by atoms with E-state index in [9.17, 15) is 0 Å². The third kappa shape index (κ3) is 4.50. The zero-order valence-electron chi connectivity index (χ0n) is 16.6. The molecule has 0 bridgehead atoms. The van der Waals surface area contributed by atoms with Gasteiger partial charge in [0.25, 0.3) is 0 Å². The zero-order chi connectivity index (χ0) is 21.0. The lowest BCUT2D eigenvalue weighted by molar-refractivity contribution is 1.31. The molecule has 5 aromatic rings. The fourth-order valence-corrected chi connectivity index (χ4v) is 4.55. The zero-order valence-corrected chi connectivity index (χ0v) is 19.0. The Bertz CT molecular complexity index is 1280. The number of nitrogens with one attached hydrogen (secondary N) is 1. The fraction of sp³-hybridized carbons (Fsp3) is 0. The summed E-state index contributed by atoms with van der Waals surface area (Å²) < 4.78 is 1.05. The Labute approximate surface area is 194 Å². The molecule has 31 heavy (non-hydrogen) atoms. The number of nitrogens with zero attached hydrogens (tertiary/aromatic N) is 1. The summed E-state index contributed by atoms with van der Waals surface area (Å²) in [7, 11) is 0. The van der Waals surface area contributed by atoms with E-state index in [1.165, 1.54) is 9.79 Å². The maximum Gasteiger partial charge on any atom is 0.138 e. The van der Waals surface area contributed by atoms with E-state index in [0.29, 0.717) is 0 Å². The highest BCUT2D eigenvalue weighted by Gasteiger charge is 2.15. The second kappa shape index (κ2) is 8.96. The number of H-pyrrole nitrogens is 1. The van der Waals surface area contributed by atoms with Crippen LogP contribution in [0.15, 0.2) is 123 Å². The van der Waals surface area contributed by atoms with Crippen LogP contribution in [0.2, 0.25) is 0 Å². The third-order valence-corrected chi connectivity index (χ3v) is 6.53. The van der Waals surface area contributed by atoms with Gasteiger partial charge in [0.15, 0.2) is 0 Å². The molecule has 0 aliphatic rings. The van der Waals surface area contributed by atoms with Gasteiger partial charge >= 0.3 is 0 Å². The first-order valence-electron chi connectivity index (χ1n) is 10.0. The smallest absolute Gasteiger partial charge is 0.138 e. The first kappa shape index (κ1) is 19.9. The van der Waals surface area contributed by atoms with Gasteiger partial charge in [-0.2, -0.15) is 0 Å². The molecule has 0 radical (unpaired) electrons. The minimum absolute atomic E-state index is 0.865. The maximum absolute atomic E-state index is 4.97. The molecule has 5 rings (SSSR count). The molecule has 0 saturated carbocycles. The standard InChI is InChI=1S/C27H19BrN2S/c28-22-15-11-21(12-16-22)27-29-25(19-7-3-1-4-8-19)26(30-27)20-13-17-24(18-14-20)31-23-9-5-2-6-10-23/h1-18H,(H,29,30). The van der Waals surface area contributed by atoms with Gasteiger partial charge in [0.05, 0.1) is 11.4 Å². The van der Waals surface area contributed by atoms with Gasteiger partial charge in [0.1, 0.15) is 5.82 Å². The van der Waals surface area contributed by atoms with E-state index in [0.717, 1.165) is 38.4 Å². The molecule has 0 aliphatic heterocycles. The van der Waals surface area contributed by atoms with Crippen LogP contribution in [0.1, 0.15) is 0 Å². The normalized spacial score (nSPS) is 10.9. The summed E-state index contributed by atoms with van der Waals surface area (Å²) in [5, 5.41) is 0. The molecule has 0 atom stereocenters. The van der Waals surface area contributed by atoms with Crippen molar-refractivity contribution in [3.63, 3.8) is 0 Å². The van der Waals surface area contributed by atoms with Crippen LogP contribution in [-0.4, -0.2) is 9.97 Å². The fourth-order valence-electron chi connectivity index (χ4n) is 3.45. The number of hydrogen-bond donors (Lipinski definition) is 1. The van der Waals surface area contributed by atoms with E-state index in [1.807, 2.05) is 36.4 Å². The van der Waals surface area contributed by atoms with Gasteiger partial charge in [-0.1, -0.05) is 100 Å². The second-order valence-corrected chi connectivity index (χ2v) is 9.18. The molecular weight excluding hydrogens is 464 g/mol. The van der Waals surface area contributed by atoms with Crippen LogP contribution in [0, 0.1) is 0 Å². The second-order valence-electron chi connectivity index (χ2n) is 7.12. The van der Waals surface area contributed by atoms with Gasteiger partial charge in [-0.05, 0) is 36.4 Å². The SMILES string of the molecule is Brc1ccc(-c2nc(-c3ccccc3)c(-c3ccc(Sc4ccccc4)cc3)[nH]2)cc1. The molecule has 4 aromatic carbocycles. The molecule has 0 saturated heterocycles. The molecule has 0 fully saturated rings. The molecule has 0 aliphatic carbocycles. The summed E-state index contributed by atoms with van der Waals surface area (Å²) in [5.41, 5.74) is 5.26. The summed E-state index contributed by atoms with van der Waals surface area (Å²) in [6.45, 7) is 0. The molecule has 0 amide bonds. The molecule has 1 heterocycles. The predicted octanol–water partition coefficient (Wildman–Crippen LogP) is 8.32. The van der Waals surface area contributed by atoms with Crippen LogP contribution in [0.3, 0.4) is 0 Å². The van der Waals surface area contributed by atoms with Crippen molar-refractivity contribution < 1.29 is 0 Å². The lowest BCUT2D eigenvalue weighted by Crippen LogP contribution is -1.84. The Balaban J connectivity index is 1.53. The van der Waals surface area contributed by atoms with Crippen molar-refractivity contribution in [1.82, 2.24) is 9.97 Å². The van der Waals surface area contributed by atoms with Gasteiger partial charge in [0.2, 0.25) is 0 Å². The van der Waals surface area contributed by atoms with Crippen LogP contribution in [-0.2, 0) is 0 Å². The van der Waals surface area contributed by atoms with Crippen LogP contribution in [0.5, 0.6) is 0 Å². The number of halogens is 1. The Morgan fingerprint density at radius 3 is 1.84 bits per heavy atom. The topological polar surface area (TPSA) is 28.7 Å². The number of imidazole rings is 1. The van der Waals surface area contributed by atoms with Crippen molar-refractivity contribution in [2.24, 2.45) is 0 Å². The Kier molecular flexibility index (Phi) is 5.74. The van der Waals surface area contributed by atoms with Gasteiger partial charge in [-0.15, -0.1) is 0 Å². The van der Waals surface area contributed by atoms with Gasteiger partial charge in [-0.25, -0.2) is 4.98 Å².